The van der Waals surface area contributed by atoms with Crippen molar-refractivity contribution in [3.63, 3.8) is 0 Å². The van der Waals surface area contributed by atoms with Crippen molar-refractivity contribution in [2.75, 3.05) is 11.9 Å². The summed E-state index contributed by atoms with van der Waals surface area (Å²) >= 11 is 7.21. The molecule has 1 heterocycles. The van der Waals surface area contributed by atoms with Crippen molar-refractivity contribution < 1.29 is 14.3 Å². The van der Waals surface area contributed by atoms with Gasteiger partial charge in [-0.2, -0.15) is 0 Å². The number of benzene rings is 1. The summed E-state index contributed by atoms with van der Waals surface area (Å²) in [6.45, 7) is 3.42. The number of hydrogen-bond donors (Lipinski definition) is 1. The van der Waals surface area contributed by atoms with E-state index in [1.807, 2.05) is 19.9 Å². The average Bonchev–Trinajstić information content (AvgIpc) is 2.87. The molecule has 0 aliphatic carbocycles. The number of esters is 1. The van der Waals surface area contributed by atoms with Crippen LogP contribution in [0.2, 0.25) is 5.02 Å². The highest BCUT2D eigenvalue weighted by Crippen LogP contribution is 2.20. The van der Waals surface area contributed by atoms with E-state index in [-0.39, 0.29) is 6.61 Å². The van der Waals surface area contributed by atoms with Crippen molar-refractivity contribution in [1.29, 1.82) is 0 Å². The molecule has 2 aromatic rings. The SMILES string of the molecule is Cc1ccc(C(=O)OCC(=O)Nc2cc(Cl)ccc2C)s1. The van der Waals surface area contributed by atoms with Crippen molar-refractivity contribution in [2.24, 2.45) is 0 Å². The highest BCUT2D eigenvalue weighted by Gasteiger charge is 2.12. The van der Waals surface area contributed by atoms with Crippen LogP contribution in [0.25, 0.3) is 0 Å². The van der Waals surface area contributed by atoms with Gasteiger partial charge < -0.3 is 10.1 Å². The quantitative estimate of drug-likeness (QED) is 0.870. The van der Waals surface area contributed by atoms with E-state index in [0.717, 1.165) is 10.4 Å². The van der Waals surface area contributed by atoms with Crippen LogP contribution in [0.3, 0.4) is 0 Å². The summed E-state index contributed by atoms with van der Waals surface area (Å²) in [7, 11) is 0. The first-order valence-corrected chi connectivity index (χ1v) is 7.45. The van der Waals surface area contributed by atoms with Crippen molar-refractivity contribution in [1.82, 2.24) is 0 Å². The van der Waals surface area contributed by atoms with Crippen LogP contribution in [-0.4, -0.2) is 18.5 Å². The molecule has 2 rings (SSSR count). The Morgan fingerprint density at radius 2 is 2.00 bits per heavy atom. The third-order valence-electron chi connectivity index (χ3n) is 2.75. The van der Waals surface area contributed by atoms with E-state index in [9.17, 15) is 9.59 Å². The molecule has 0 unspecified atom stereocenters. The smallest absolute Gasteiger partial charge is 0.348 e. The van der Waals surface area contributed by atoms with Gasteiger partial charge in [0.1, 0.15) is 4.88 Å². The molecule has 21 heavy (non-hydrogen) atoms. The molecule has 1 amide bonds. The maximum atomic E-state index is 11.8. The number of aryl methyl sites for hydroxylation is 2. The zero-order valence-electron chi connectivity index (χ0n) is 11.6. The van der Waals surface area contributed by atoms with Gasteiger partial charge in [-0.3, -0.25) is 4.79 Å². The Hall–Kier alpha value is -1.85. The normalized spacial score (nSPS) is 10.2. The molecular formula is C15H14ClNO3S. The van der Waals surface area contributed by atoms with Gasteiger partial charge in [0.2, 0.25) is 0 Å². The molecule has 0 bridgehead atoms. The molecule has 0 aliphatic rings. The van der Waals surface area contributed by atoms with E-state index in [2.05, 4.69) is 5.32 Å². The average molecular weight is 324 g/mol. The van der Waals surface area contributed by atoms with Gasteiger partial charge in [-0.05, 0) is 43.7 Å². The molecular weight excluding hydrogens is 310 g/mol. The molecule has 0 fully saturated rings. The molecule has 0 aliphatic heterocycles. The second-order valence-electron chi connectivity index (χ2n) is 4.49. The minimum atomic E-state index is -0.494. The monoisotopic (exact) mass is 323 g/mol. The zero-order chi connectivity index (χ0) is 15.4. The van der Waals surface area contributed by atoms with Gasteiger partial charge in [0.15, 0.2) is 6.61 Å². The molecule has 4 nitrogen and oxygen atoms in total. The summed E-state index contributed by atoms with van der Waals surface area (Å²) in [6.07, 6.45) is 0. The Morgan fingerprint density at radius 1 is 1.24 bits per heavy atom. The maximum absolute atomic E-state index is 11.8. The number of ether oxygens (including phenoxy) is 1. The number of hydrogen-bond acceptors (Lipinski definition) is 4. The highest BCUT2D eigenvalue weighted by molar-refractivity contribution is 7.13. The molecule has 1 N–H and O–H groups in total. The number of rotatable bonds is 4. The first-order chi connectivity index (χ1) is 9.95. The number of carbonyl (C=O) groups is 2. The van der Waals surface area contributed by atoms with E-state index in [0.29, 0.717) is 15.6 Å². The van der Waals surface area contributed by atoms with Gasteiger partial charge >= 0.3 is 5.97 Å². The van der Waals surface area contributed by atoms with E-state index in [1.165, 1.54) is 11.3 Å². The number of anilines is 1. The fraction of sp³-hybridized carbons (Fsp3) is 0.200. The summed E-state index contributed by atoms with van der Waals surface area (Å²) in [6, 6.07) is 8.71. The third-order valence-corrected chi connectivity index (χ3v) is 3.97. The Labute approximate surface area is 131 Å². The lowest BCUT2D eigenvalue weighted by atomic mass is 10.2. The molecule has 0 saturated heterocycles. The van der Waals surface area contributed by atoms with Crippen LogP contribution in [0, 0.1) is 13.8 Å². The summed E-state index contributed by atoms with van der Waals surface area (Å²) < 4.78 is 4.97. The molecule has 0 spiro atoms. The lowest BCUT2D eigenvalue weighted by molar-refractivity contribution is -0.119. The van der Waals surface area contributed by atoms with E-state index in [1.54, 1.807) is 24.3 Å². The predicted molar refractivity (Wildman–Crippen MR) is 84.2 cm³/mol. The van der Waals surface area contributed by atoms with Crippen molar-refractivity contribution in [2.45, 2.75) is 13.8 Å². The van der Waals surface area contributed by atoms with Gasteiger partial charge in [-0.25, -0.2) is 4.79 Å². The summed E-state index contributed by atoms with van der Waals surface area (Å²) in [5, 5.41) is 3.20. The number of halogens is 1. The Balaban J connectivity index is 1.90. The first-order valence-electron chi connectivity index (χ1n) is 6.25. The van der Waals surface area contributed by atoms with E-state index < -0.39 is 11.9 Å². The van der Waals surface area contributed by atoms with Crippen LogP contribution in [0.1, 0.15) is 20.1 Å². The lowest BCUT2D eigenvalue weighted by Crippen LogP contribution is -2.21. The van der Waals surface area contributed by atoms with Crippen LogP contribution < -0.4 is 5.32 Å². The molecule has 6 heteroatoms. The van der Waals surface area contributed by atoms with Gasteiger partial charge in [0.25, 0.3) is 5.91 Å². The molecule has 0 saturated carbocycles. The highest BCUT2D eigenvalue weighted by atomic mass is 35.5. The summed E-state index contributed by atoms with van der Waals surface area (Å²) in [4.78, 5) is 25.0. The predicted octanol–water partition coefficient (Wildman–Crippen LogP) is 3.81. The van der Waals surface area contributed by atoms with Gasteiger partial charge in [0, 0.05) is 15.6 Å². The van der Waals surface area contributed by atoms with Crippen molar-refractivity contribution in [3.05, 3.63) is 50.7 Å². The van der Waals surface area contributed by atoms with Gasteiger partial charge in [0.05, 0.1) is 0 Å². The van der Waals surface area contributed by atoms with Crippen molar-refractivity contribution in [3.8, 4) is 0 Å². The molecule has 1 aromatic heterocycles. The Bertz CT molecular complexity index is 681. The van der Waals surface area contributed by atoms with Crippen molar-refractivity contribution >= 4 is 40.5 Å². The molecule has 0 radical (unpaired) electrons. The summed E-state index contributed by atoms with van der Waals surface area (Å²) in [5.74, 6) is -0.895. The third kappa shape index (κ3) is 4.31. The van der Waals surface area contributed by atoms with Crippen LogP contribution in [-0.2, 0) is 9.53 Å². The Kier molecular flexibility index (Phi) is 4.98. The Morgan fingerprint density at radius 3 is 2.67 bits per heavy atom. The standard InChI is InChI=1S/C15H14ClNO3S/c1-9-3-5-11(16)7-12(9)17-14(18)8-20-15(19)13-6-4-10(2)21-13/h3-7H,8H2,1-2H3,(H,17,18). The van der Waals surface area contributed by atoms with Crippen LogP contribution in [0.15, 0.2) is 30.3 Å². The summed E-state index contributed by atoms with van der Waals surface area (Å²) in [5.41, 5.74) is 1.49. The fourth-order valence-corrected chi connectivity index (χ4v) is 2.60. The second kappa shape index (κ2) is 6.74. The number of amides is 1. The van der Waals surface area contributed by atoms with Crippen LogP contribution in [0.5, 0.6) is 0 Å². The topological polar surface area (TPSA) is 55.4 Å². The van der Waals surface area contributed by atoms with E-state index in [4.69, 9.17) is 16.3 Å². The second-order valence-corrected chi connectivity index (χ2v) is 6.22. The molecule has 0 atom stereocenters. The fourth-order valence-electron chi connectivity index (χ4n) is 1.66. The number of carbonyl (C=O) groups excluding carboxylic acids is 2. The lowest BCUT2D eigenvalue weighted by Gasteiger charge is -2.09. The largest absolute Gasteiger partial charge is 0.451 e. The first kappa shape index (κ1) is 15.5. The minimum Gasteiger partial charge on any atom is -0.451 e. The molecule has 1 aromatic carbocycles. The zero-order valence-corrected chi connectivity index (χ0v) is 13.2. The number of thiophene rings is 1. The van der Waals surface area contributed by atoms with E-state index >= 15 is 0 Å². The number of nitrogens with one attached hydrogen (secondary N) is 1. The van der Waals surface area contributed by atoms with Crippen LogP contribution in [0.4, 0.5) is 5.69 Å². The molecule has 110 valence electrons. The minimum absolute atomic E-state index is 0.332. The van der Waals surface area contributed by atoms with Gasteiger partial charge in [-0.15, -0.1) is 11.3 Å². The maximum Gasteiger partial charge on any atom is 0.348 e. The van der Waals surface area contributed by atoms with Gasteiger partial charge in [-0.1, -0.05) is 17.7 Å². The van der Waals surface area contributed by atoms with Crippen LogP contribution >= 0.6 is 22.9 Å².